The molecule has 0 bridgehead atoms. The van der Waals surface area contributed by atoms with Gasteiger partial charge in [-0.15, -0.1) is 0 Å². The van der Waals surface area contributed by atoms with Crippen molar-refractivity contribution >= 4 is 27.7 Å². The largest absolute Gasteiger partial charge is 0.489 e. The van der Waals surface area contributed by atoms with Crippen LogP contribution < -0.4 is 14.8 Å². The highest BCUT2D eigenvalue weighted by Gasteiger charge is 2.21. The maximum atomic E-state index is 12.0. The van der Waals surface area contributed by atoms with E-state index in [0.29, 0.717) is 41.5 Å². The smallest absolute Gasteiger partial charge is 0.257 e. The number of aromatic nitrogens is 1. The number of benzene rings is 2. The zero-order valence-corrected chi connectivity index (χ0v) is 21.7. The van der Waals surface area contributed by atoms with E-state index in [1.165, 1.54) is 13.0 Å². The van der Waals surface area contributed by atoms with Gasteiger partial charge in [-0.05, 0) is 60.7 Å². The molecule has 0 saturated heterocycles. The number of nitrogens with one attached hydrogen (secondary N) is 2. The molecule has 1 aliphatic rings. The molecule has 1 aliphatic heterocycles. The molecule has 37 heavy (non-hydrogen) atoms. The summed E-state index contributed by atoms with van der Waals surface area (Å²) in [6, 6.07) is 17.0. The van der Waals surface area contributed by atoms with Crippen molar-refractivity contribution < 1.29 is 23.6 Å². The van der Waals surface area contributed by atoms with Crippen molar-refractivity contribution in [1.29, 1.82) is 0 Å². The summed E-state index contributed by atoms with van der Waals surface area (Å²) in [6.45, 7) is 6.15. The lowest BCUT2D eigenvalue weighted by Gasteiger charge is -2.16. The number of ether oxygens (including phenoxy) is 1. The van der Waals surface area contributed by atoms with Crippen LogP contribution in [0.1, 0.15) is 47.5 Å². The van der Waals surface area contributed by atoms with E-state index in [2.05, 4.69) is 15.0 Å². The number of aliphatic hydroxyl groups is 1. The fourth-order valence-corrected chi connectivity index (χ4v) is 5.05. The molecule has 192 valence electrons. The predicted octanol–water partition coefficient (Wildman–Crippen LogP) is 3.64. The van der Waals surface area contributed by atoms with Gasteiger partial charge in [0.1, 0.15) is 12.4 Å². The average molecular weight is 520 g/mol. The van der Waals surface area contributed by atoms with E-state index in [4.69, 9.17) is 4.74 Å². The molecule has 2 unspecified atom stereocenters. The fourth-order valence-electron chi connectivity index (χ4n) is 4.13. The Kier molecular flexibility index (Phi) is 8.15. The highest BCUT2D eigenvalue weighted by molar-refractivity contribution is 7.93. The maximum Gasteiger partial charge on any atom is 0.257 e. The minimum Gasteiger partial charge on any atom is -0.489 e. The van der Waals surface area contributed by atoms with E-state index in [9.17, 15) is 18.9 Å². The van der Waals surface area contributed by atoms with E-state index in [-0.39, 0.29) is 11.8 Å². The van der Waals surface area contributed by atoms with Gasteiger partial charge in [-0.3, -0.25) is 19.3 Å². The minimum absolute atomic E-state index is 0.127. The molecule has 1 aromatic heterocycles. The zero-order valence-electron chi connectivity index (χ0n) is 20.9. The second kappa shape index (κ2) is 11.5. The molecule has 2 aromatic carbocycles. The van der Waals surface area contributed by atoms with Gasteiger partial charge in [-0.25, -0.2) is 4.21 Å². The van der Waals surface area contributed by atoms with Gasteiger partial charge in [-0.2, -0.15) is 0 Å². The summed E-state index contributed by atoms with van der Waals surface area (Å²) in [5.41, 5.74) is 6.18. The third-order valence-electron chi connectivity index (χ3n) is 6.17. The van der Waals surface area contributed by atoms with E-state index in [0.717, 1.165) is 27.9 Å². The van der Waals surface area contributed by atoms with Crippen LogP contribution in [0.2, 0.25) is 0 Å². The number of carbonyl (C=O) groups excluding carboxylic acids is 2. The van der Waals surface area contributed by atoms with Crippen LogP contribution in [0.25, 0.3) is 16.0 Å². The highest BCUT2D eigenvalue weighted by atomic mass is 32.2. The molecule has 2 heterocycles. The topological polar surface area (TPSA) is 118 Å². The van der Waals surface area contributed by atoms with Gasteiger partial charge >= 0.3 is 0 Å². The molecule has 4 rings (SSSR count). The number of aryl methyl sites for hydroxylation is 1. The first-order chi connectivity index (χ1) is 17.7. The van der Waals surface area contributed by atoms with Crippen molar-refractivity contribution in [2.45, 2.75) is 39.9 Å². The average Bonchev–Trinajstić information content (AvgIpc) is 3.21. The molecule has 0 radical (unpaired) electrons. The van der Waals surface area contributed by atoms with E-state index in [1.807, 2.05) is 44.2 Å². The van der Waals surface area contributed by atoms with Crippen molar-refractivity contribution in [3.05, 3.63) is 88.8 Å². The highest BCUT2D eigenvalue weighted by Crippen LogP contribution is 2.30. The van der Waals surface area contributed by atoms with Crippen molar-refractivity contribution in [3.8, 4) is 16.9 Å². The van der Waals surface area contributed by atoms with E-state index >= 15 is 0 Å². The monoisotopic (exact) mass is 519 g/mol. The number of nitrogens with zero attached hydrogens (tertiary/aromatic N) is 1. The minimum atomic E-state index is -1.53. The van der Waals surface area contributed by atoms with E-state index in [1.54, 1.807) is 24.3 Å². The quantitative estimate of drug-likeness (QED) is 0.397. The Labute approximate surface area is 218 Å². The van der Waals surface area contributed by atoms with E-state index < -0.39 is 17.1 Å². The molecule has 3 N–H and O–H groups in total. The zero-order chi connectivity index (χ0) is 26.5. The molecule has 0 fully saturated rings. The third kappa shape index (κ3) is 6.31. The van der Waals surface area contributed by atoms with Crippen LogP contribution in [0.4, 0.5) is 0 Å². The Morgan fingerprint density at radius 3 is 2.51 bits per heavy atom. The summed E-state index contributed by atoms with van der Waals surface area (Å²) in [7, 11) is -1.53. The number of rotatable bonds is 9. The normalized spacial score (nSPS) is 15.6. The lowest BCUT2D eigenvalue weighted by Crippen LogP contribution is -2.22. The molecule has 2 atom stereocenters. The summed E-state index contributed by atoms with van der Waals surface area (Å²) >= 11 is 0. The molecule has 3 aromatic rings. The van der Waals surface area contributed by atoms with Crippen LogP contribution in [0.5, 0.6) is 5.75 Å². The summed E-state index contributed by atoms with van der Waals surface area (Å²) in [6.07, 6.45) is 0.980. The molecular weight excluding hydrogens is 490 g/mol. The molecule has 9 heteroatoms. The van der Waals surface area contributed by atoms with Crippen LogP contribution in [-0.2, 0) is 27.2 Å². The standard InChI is InChI=1S/C28H29N3O5S/c1-17-21(16-36-22-9-7-20(8-10-22)27-15-28(34)31-37(27)35)5-4-6-23(17)24-11-12-25(30-18(24)2)26(33)13-14-29-19(3)32/h4-12,15,26,33H,13-14,16H2,1-3H3,(H,29,32)(H,31,34). The summed E-state index contributed by atoms with van der Waals surface area (Å²) in [5, 5.41) is 13.1. The molecule has 8 nitrogen and oxygen atoms in total. The summed E-state index contributed by atoms with van der Waals surface area (Å²) < 4.78 is 20.3. The van der Waals surface area contributed by atoms with Crippen molar-refractivity contribution in [2.24, 2.45) is 0 Å². The van der Waals surface area contributed by atoms with Crippen LogP contribution in [0, 0.1) is 13.8 Å². The van der Waals surface area contributed by atoms with Gasteiger partial charge in [0.2, 0.25) is 5.91 Å². The van der Waals surface area contributed by atoms with Crippen LogP contribution in [-0.4, -0.2) is 32.7 Å². The first kappa shape index (κ1) is 26.2. The van der Waals surface area contributed by atoms with Crippen LogP contribution >= 0.6 is 0 Å². The Bertz CT molecular complexity index is 1390. The number of hydrogen-bond donors (Lipinski definition) is 3. The lowest BCUT2D eigenvalue weighted by atomic mass is 9.95. The van der Waals surface area contributed by atoms with Gasteiger partial charge in [-0.1, -0.05) is 36.4 Å². The Morgan fingerprint density at radius 2 is 1.86 bits per heavy atom. The molecule has 0 saturated carbocycles. The fraction of sp³-hybridized carbons (Fsp3) is 0.250. The number of carbonyl (C=O) groups is 2. The summed E-state index contributed by atoms with van der Waals surface area (Å²) in [4.78, 5) is 27.5. The Hall–Kier alpha value is -3.82. The van der Waals surface area contributed by atoms with Gasteiger partial charge in [0.05, 0.1) is 16.7 Å². The number of aliphatic hydroxyl groups excluding tert-OH is 1. The third-order valence-corrected chi connectivity index (χ3v) is 7.30. The van der Waals surface area contributed by atoms with Gasteiger partial charge in [0.25, 0.3) is 5.91 Å². The van der Waals surface area contributed by atoms with Crippen LogP contribution in [0.3, 0.4) is 0 Å². The van der Waals surface area contributed by atoms with Gasteiger partial charge in [0.15, 0.2) is 11.0 Å². The lowest BCUT2D eigenvalue weighted by molar-refractivity contribution is -0.119. The van der Waals surface area contributed by atoms with Crippen molar-refractivity contribution in [3.63, 3.8) is 0 Å². The number of pyridine rings is 1. The first-order valence-corrected chi connectivity index (χ1v) is 13.0. The molecular formula is C28H29N3O5S. The molecule has 0 aliphatic carbocycles. The van der Waals surface area contributed by atoms with Gasteiger partial charge < -0.3 is 15.2 Å². The predicted molar refractivity (Wildman–Crippen MR) is 142 cm³/mol. The van der Waals surface area contributed by atoms with Gasteiger partial charge in [0, 0.05) is 30.8 Å². The summed E-state index contributed by atoms with van der Waals surface area (Å²) in [5.74, 6) is 0.174. The Balaban J connectivity index is 1.45. The van der Waals surface area contributed by atoms with Crippen LogP contribution in [0.15, 0.2) is 60.7 Å². The number of hydrogen-bond acceptors (Lipinski definition) is 6. The number of amides is 2. The second-order valence-corrected chi connectivity index (χ2v) is 9.98. The molecule has 2 amide bonds. The molecule has 0 spiro atoms. The SMILES string of the molecule is CC(=O)NCCC(O)c1ccc(-c2cccc(COc3ccc(C4=CC(=O)NS4=O)cc3)c2C)c(C)n1. The first-order valence-electron chi connectivity index (χ1n) is 11.9. The Morgan fingerprint density at radius 1 is 1.11 bits per heavy atom. The van der Waals surface area contributed by atoms with Crippen molar-refractivity contribution in [1.82, 2.24) is 15.0 Å². The van der Waals surface area contributed by atoms with Crippen molar-refractivity contribution in [2.75, 3.05) is 6.54 Å². The maximum absolute atomic E-state index is 12.0. The second-order valence-electron chi connectivity index (χ2n) is 8.80.